The minimum atomic E-state index is -2.41. The van der Waals surface area contributed by atoms with Crippen molar-refractivity contribution in [3.05, 3.63) is 0 Å². The third kappa shape index (κ3) is 11.4. The van der Waals surface area contributed by atoms with Gasteiger partial charge in [-0.2, -0.15) is 0 Å². The van der Waals surface area contributed by atoms with Crippen LogP contribution in [-0.2, 0) is 0 Å². The van der Waals surface area contributed by atoms with Gasteiger partial charge >= 0.3 is 6.00 Å². The van der Waals surface area contributed by atoms with E-state index in [1.165, 1.54) is 12.6 Å². The second kappa shape index (κ2) is 7.47. The van der Waals surface area contributed by atoms with Crippen LogP contribution < -0.4 is 0 Å². The largest absolute Gasteiger partial charge is 0.340 e. The molecular formula is C10H22BCl3Si. The normalized spacial score (nSPS) is 12.6. The molecular weight excluding hydrogens is 265 g/mol. The van der Waals surface area contributed by atoms with E-state index in [2.05, 4.69) is 27.7 Å². The van der Waals surface area contributed by atoms with Crippen molar-refractivity contribution in [2.24, 2.45) is 11.8 Å². The molecule has 90 valence electrons. The molecule has 0 rings (SSSR count). The molecule has 0 atom stereocenters. The lowest BCUT2D eigenvalue weighted by Gasteiger charge is -2.19. The van der Waals surface area contributed by atoms with Crippen LogP contribution in [0.15, 0.2) is 0 Å². The van der Waals surface area contributed by atoms with Gasteiger partial charge < -0.3 is 0 Å². The second-order valence-electron chi connectivity index (χ2n) is 5.28. The molecule has 0 radical (unpaired) electrons. The predicted molar refractivity (Wildman–Crippen MR) is 78.0 cm³/mol. The molecule has 0 N–H and O–H groups in total. The van der Waals surface area contributed by atoms with Gasteiger partial charge in [-0.05, 0) is 6.04 Å². The lowest BCUT2D eigenvalue weighted by molar-refractivity contribution is 0.688. The number of rotatable bonds is 7. The Balaban J connectivity index is 4.01. The highest BCUT2D eigenvalue weighted by Crippen LogP contribution is 2.30. The zero-order chi connectivity index (χ0) is 12.1. The Kier molecular flexibility index (Phi) is 8.05. The number of halogens is 3. The fourth-order valence-corrected chi connectivity index (χ4v) is 3.75. The van der Waals surface area contributed by atoms with Crippen LogP contribution in [0, 0.1) is 11.8 Å². The fourth-order valence-electron chi connectivity index (χ4n) is 2.03. The Morgan fingerprint density at radius 1 is 0.933 bits per heavy atom. The first-order valence-corrected chi connectivity index (χ1v) is 11.0. The van der Waals surface area contributed by atoms with Crippen molar-refractivity contribution in [3.63, 3.8) is 0 Å². The van der Waals surface area contributed by atoms with Crippen LogP contribution in [-0.4, -0.2) is 12.7 Å². The third-order valence-electron chi connectivity index (χ3n) is 2.45. The van der Waals surface area contributed by atoms with Crippen molar-refractivity contribution in [2.45, 2.75) is 52.7 Å². The van der Waals surface area contributed by atoms with Crippen molar-refractivity contribution in [2.75, 3.05) is 0 Å². The van der Waals surface area contributed by atoms with Gasteiger partial charge in [-0.25, -0.2) is 0 Å². The fraction of sp³-hybridized carbons (Fsp3) is 1.00. The molecule has 0 bridgehead atoms. The van der Waals surface area contributed by atoms with Crippen LogP contribution in [0.5, 0.6) is 0 Å². The summed E-state index contributed by atoms with van der Waals surface area (Å²) in [5, 5.41) is 0. The topological polar surface area (TPSA) is 0 Å². The van der Waals surface area contributed by atoms with Crippen LogP contribution >= 0.6 is 33.2 Å². The summed E-state index contributed by atoms with van der Waals surface area (Å²) in [5.41, 5.74) is 0. The van der Waals surface area contributed by atoms with Crippen LogP contribution in [0.3, 0.4) is 0 Å². The van der Waals surface area contributed by atoms with Gasteiger partial charge in [0.2, 0.25) is 0 Å². The molecule has 0 nitrogen and oxygen atoms in total. The maximum atomic E-state index is 5.92. The smallest absolute Gasteiger partial charge is 0.126 e. The molecule has 0 aliphatic carbocycles. The zero-order valence-electron chi connectivity index (χ0n) is 10.2. The highest BCUT2D eigenvalue weighted by atomic mass is 35.8. The first kappa shape index (κ1) is 16.2. The summed E-state index contributed by atoms with van der Waals surface area (Å²) in [6.45, 7) is 9.79. The molecule has 0 unspecified atom stereocenters. The van der Waals surface area contributed by atoms with E-state index >= 15 is 0 Å². The summed E-state index contributed by atoms with van der Waals surface area (Å²) < 4.78 is 0. The van der Waals surface area contributed by atoms with Crippen LogP contribution in [0.2, 0.25) is 25.0 Å². The van der Waals surface area contributed by atoms with E-state index in [0.29, 0.717) is 0 Å². The number of hydrogen-bond donors (Lipinski definition) is 0. The Morgan fingerprint density at radius 2 is 1.33 bits per heavy atom. The van der Waals surface area contributed by atoms with Crippen molar-refractivity contribution >= 4 is 46.0 Å². The van der Waals surface area contributed by atoms with Gasteiger partial charge in [-0.15, -0.1) is 33.2 Å². The van der Waals surface area contributed by atoms with E-state index in [0.717, 1.165) is 30.9 Å². The summed E-state index contributed by atoms with van der Waals surface area (Å²) in [4.78, 5) is 0. The molecule has 0 aliphatic rings. The molecule has 0 amide bonds. The van der Waals surface area contributed by atoms with Crippen LogP contribution in [0.4, 0.5) is 0 Å². The minimum Gasteiger partial charge on any atom is -0.126 e. The average molecular weight is 288 g/mol. The van der Waals surface area contributed by atoms with Crippen molar-refractivity contribution in [1.29, 1.82) is 0 Å². The standard InChI is InChI=1S/C10H22BCl3Si/c1-9(2)7-11(8-10(3)4)5-6-15(12,13)14/h9-10H,5-8H2,1-4H3. The van der Waals surface area contributed by atoms with E-state index in [4.69, 9.17) is 33.2 Å². The molecule has 0 heterocycles. The van der Waals surface area contributed by atoms with Crippen molar-refractivity contribution in [3.8, 4) is 0 Å². The maximum absolute atomic E-state index is 5.92. The van der Waals surface area contributed by atoms with E-state index in [9.17, 15) is 0 Å². The molecule has 0 saturated heterocycles. The van der Waals surface area contributed by atoms with E-state index in [1.807, 2.05) is 0 Å². The average Bonchev–Trinajstić information content (AvgIpc) is 1.96. The molecule has 0 saturated carbocycles. The van der Waals surface area contributed by atoms with E-state index < -0.39 is 6.00 Å². The first-order valence-electron chi connectivity index (χ1n) is 5.77. The second-order valence-corrected chi connectivity index (χ2v) is 14.6. The van der Waals surface area contributed by atoms with E-state index in [1.54, 1.807) is 0 Å². The maximum Gasteiger partial charge on any atom is 0.340 e. The molecule has 0 aromatic rings. The molecule has 0 spiro atoms. The quantitative estimate of drug-likeness (QED) is 0.431. The highest BCUT2D eigenvalue weighted by molar-refractivity contribution is 7.64. The third-order valence-corrected chi connectivity index (χ3v) is 5.00. The molecule has 0 aliphatic heterocycles. The molecule has 15 heavy (non-hydrogen) atoms. The van der Waals surface area contributed by atoms with Gasteiger partial charge in [0.25, 0.3) is 0 Å². The Bertz CT molecular complexity index is 159. The Morgan fingerprint density at radius 3 is 1.60 bits per heavy atom. The molecule has 5 heteroatoms. The van der Waals surface area contributed by atoms with Crippen LogP contribution in [0.25, 0.3) is 0 Å². The van der Waals surface area contributed by atoms with Gasteiger partial charge in [0.1, 0.15) is 6.71 Å². The van der Waals surface area contributed by atoms with Crippen molar-refractivity contribution < 1.29 is 0 Å². The van der Waals surface area contributed by atoms with Gasteiger partial charge in [0, 0.05) is 0 Å². The monoisotopic (exact) mass is 286 g/mol. The number of hydrogen-bond acceptors (Lipinski definition) is 0. The Labute approximate surface area is 110 Å². The van der Waals surface area contributed by atoms with Gasteiger partial charge in [0.05, 0.1) is 0 Å². The van der Waals surface area contributed by atoms with Crippen molar-refractivity contribution in [1.82, 2.24) is 0 Å². The lowest BCUT2D eigenvalue weighted by atomic mass is 9.40. The first-order chi connectivity index (χ1) is 6.70. The summed E-state index contributed by atoms with van der Waals surface area (Å²) in [6, 6.07) is -1.60. The van der Waals surface area contributed by atoms with Crippen LogP contribution in [0.1, 0.15) is 27.7 Å². The molecule has 0 aromatic heterocycles. The van der Waals surface area contributed by atoms with Gasteiger partial charge in [0.15, 0.2) is 0 Å². The zero-order valence-corrected chi connectivity index (χ0v) is 13.5. The van der Waals surface area contributed by atoms with E-state index in [-0.39, 0.29) is 0 Å². The summed E-state index contributed by atoms with van der Waals surface area (Å²) in [7, 11) is 0. The van der Waals surface area contributed by atoms with Gasteiger partial charge in [-0.1, -0.05) is 58.5 Å². The summed E-state index contributed by atoms with van der Waals surface area (Å²) in [5.74, 6) is 1.48. The molecule has 0 fully saturated rings. The predicted octanol–water partition coefficient (Wildman–Crippen LogP) is 5.45. The SMILES string of the molecule is CC(C)CB(CC[Si](Cl)(Cl)Cl)CC(C)C. The minimum absolute atomic E-state index is 0.730. The summed E-state index contributed by atoms with van der Waals surface area (Å²) >= 11 is 17.8. The molecule has 0 aromatic carbocycles. The Hall–Kier alpha value is 1.15. The lowest BCUT2D eigenvalue weighted by Crippen LogP contribution is -2.21. The highest BCUT2D eigenvalue weighted by Gasteiger charge is 2.27. The summed E-state index contributed by atoms with van der Waals surface area (Å²) in [6.07, 6.45) is 3.60. The van der Waals surface area contributed by atoms with Gasteiger partial charge in [-0.3, -0.25) is 0 Å².